The minimum Gasteiger partial charge on any atom is -0.362 e. The van der Waals surface area contributed by atoms with Crippen LogP contribution in [0, 0.1) is 0 Å². The number of hydrogen-bond donors (Lipinski definition) is 1. The highest BCUT2D eigenvalue weighted by Crippen LogP contribution is 2.03. The quantitative estimate of drug-likeness (QED) is 0.498. The van der Waals surface area contributed by atoms with E-state index in [-0.39, 0.29) is 0 Å². The van der Waals surface area contributed by atoms with Gasteiger partial charge in [-0.15, -0.1) is 0 Å². The zero-order chi connectivity index (χ0) is 9.23. The summed E-state index contributed by atoms with van der Waals surface area (Å²) in [4.78, 5) is 11.5. The highest BCUT2D eigenvalue weighted by atomic mass is 16.1. The lowest BCUT2D eigenvalue weighted by molar-refractivity contribution is -0.109. The molecule has 0 spiro atoms. The van der Waals surface area contributed by atoms with Crippen LogP contribution in [-0.2, 0) is 4.79 Å². The SMILES string of the molecule is C/C=C/CN1CCC1.CNC=O. The standard InChI is InChI=1S/C7H13N.C2H5NO/c1-2-3-5-8-6-4-7-8;1-3-2-4/h2-3H,4-7H2,1H3;2H,1H3,(H,3,4)/b3-2+;. The second-order valence-corrected chi connectivity index (χ2v) is 2.63. The topological polar surface area (TPSA) is 32.3 Å². The molecule has 0 radical (unpaired) electrons. The molecule has 1 saturated heterocycles. The Labute approximate surface area is 74.4 Å². The molecule has 1 fully saturated rings. The van der Waals surface area contributed by atoms with Crippen LogP contribution >= 0.6 is 0 Å². The average molecular weight is 170 g/mol. The van der Waals surface area contributed by atoms with Crippen molar-refractivity contribution in [2.75, 3.05) is 26.7 Å². The van der Waals surface area contributed by atoms with Crippen molar-refractivity contribution in [1.82, 2.24) is 10.2 Å². The molecule has 1 aliphatic rings. The molecular weight excluding hydrogens is 152 g/mol. The predicted molar refractivity (Wildman–Crippen MR) is 51.0 cm³/mol. The molecule has 1 aliphatic heterocycles. The molecule has 0 aromatic carbocycles. The van der Waals surface area contributed by atoms with Crippen molar-refractivity contribution in [3.05, 3.63) is 12.2 Å². The van der Waals surface area contributed by atoms with E-state index in [9.17, 15) is 0 Å². The summed E-state index contributed by atoms with van der Waals surface area (Å²) < 4.78 is 0. The summed E-state index contributed by atoms with van der Waals surface area (Å²) in [7, 11) is 1.56. The van der Waals surface area contributed by atoms with E-state index in [1.165, 1.54) is 19.5 Å². The second kappa shape index (κ2) is 8.27. The van der Waals surface area contributed by atoms with Crippen molar-refractivity contribution in [3.63, 3.8) is 0 Å². The molecule has 1 heterocycles. The predicted octanol–water partition coefficient (Wildman–Crippen LogP) is 0.630. The number of nitrogens with one attached hydrogen (secondary N) is 1. The van der Waals surface area contributed by atoms with Crippen LogP contribution in [0.4, 0.5) is 0 Å². The fraction of sp³-hybridized carbons (Fsp3) is 0.667. The van der Waals surface area contributed by atoms with E-state index in [1.54, 1.807) is 7.05 Å². The number of hydrogen-bond acceptors (Lipinski definition) is 2. The van der Waals surface area contributed by atoms with Crippen LogP contribution in [0.5, 0.6) is 0 Å². The molecule has 1 N–H and O–H groups in total. The molecule has 0 atom stereocenters. The Bertz CT molecular complexity index is 130. The van der Waals surface area contributed by atoms with Gasteiger partial charge in [0.05, 0.1) is 0 Å². The monoisotopic (exact) mass is 170 g/mol. The van der Waals surface area contributed by atoms with Crippen molar-refractivity contribution in [3.8, 4) is 0 Å². The smallest absolute Gasteiger partial charge is 0.206 e. The first-order chi connectivity index (χ1) is 5.85. The van der Waals surface area contributed by atoms with Crippen LogP contribution in [0.15, 0.2) is 12.2 Å². The van der Waals surface area contributed by atoms with Gasteiger partial charge in [-0.1, -0.05) is 12.2 Å². The fourth-order valence-electron chi connectivity index (χ4n) is 0.819. The fourth-order valence-corrected chi connectivity index (χ4v) is 0.819. The van der Waals surface area contributed by atoms with Gasteiger partial charge in [0, 0.05) is 13.6 Å². The molecule has 70 valence electrons. The Morgan fingerprint density at radius 1 is 1.50 bits per heavy atom. The normalized spacial score (nSPS) is 16.2. The van der Waals surface area contributed by atoms with Crippen molar-refractivity contribution < 1.29 is 4.79 Å². The number of amides is 1. The first-order valence-corrected chi connectivity index (χ1v) is 4.29. The number of carbonyl (C=O) groups is 1. The van der Waals surface area contributed by atoms with Gasteiger partial charge in [-0.25, -0.2) is 0 Å². The number of allylic oxidation sites excluding steroid dienone is 1. The summed E-state index contributed by atoms with van der Waals surface area (Å²) in [5.74, 6) is 0. The molecule has 12 heavy (non-hydrogen) atoms. The van der Waals surface area contributed by atoms with Crippen molar-refractivity contribution in [1.29, 1.82) is 0 Å². The molecule has 0 aromatic rings. The van der Waals surface area contributed by atoms with E-state index in [4.69, 9.17) is 4.79 Å². The molecule has 1 amide bonds. The molecular formula is C9H18N2O. The van der Waals surface area contributed by atoms with Gasteiger partial charge in [0.1, 0.15) is 0 Å². The van der Waals surface area contributed by atoms with Crippen molar-refractivity contribution in [2.24, 2.45) is 0 Å². The van der Waals surface area contributed by atoms with Crippen LogP contribution < -0.4 is 5.32 Å². The lowest BCUT2D eigenvalue weighted by Crippen LogP contribution is -2.36. The third-order valence-electron chi connectivity index (χ3n) is 1.67. The van der Waals surface area contributed by atoms with Gasteiger partial charge in [0.15, 0.2) is 0 Å². The molecule has 3 nitrogen and oxygen atoms in total. The number of nitrogens with zero attached hydrogens (tertiary/aromatic N) is 1. The molecule has 0 bridgehead atoms. The highest BCUT2D eigenvalue weighted by molar-refractivity contribution is 5.44. The summed E-state index contributed by atoms with van der Waals surface area (Å²) in [6, 6.07) is 0. The maximum Gasteiger partial charge on any atom is 0.206 e. The third-order valence-corrected chi connectivity index (χ3v) is 1.67. The summed E-state index contributed by atoms with van der Waals surface area (Å²) in [5, 5.41) is 2.25. The lowest BCUT2D eigenvalue weighted by Gasteiger charge is -2.29. The summed E-state index contributed by atoms with van der Waals surface area (Å²) >= 11 is 0. The van der Waals surface area contributed by atoms with Crippen molar-refractivity contribution >= 4 is 6.41 Å². The first kappa shape index (κ1) is 11.2. The Morgan fingerprint density at radius 3 is 2.33 bits per heavy atom. The van der Waals surface area contributed by atoms with Crippen LogP contribution in [0.2, 0.25) is 0 Å². The molecule has 0 aliphatic carbocycles. The van der Waals surface area contributed by atoms with Gasteiger partial charge in [-0.2, -0.15) is 0 Å². The Kier molecular flexibility index (Phi) is 7.70. The largest absolute Gasteiger partial charge is 0.362 e. The molecule has 1 rings (SSSR count). The van der Waals surface area contributed by atoms with E-state index in [0.717, 1.165) is 6.54 Å². The maximum absolute atomic E-state index is 9.06. The molecule has 0 saturated carbocycles. The van der Waals surface area contributed by atoms with E-state index in [0.29, 0.717) is 6.41 Å². The van der Waals surface area contributed by atoms with Gasteiger partial charge in [0.2, 0.25) is 6.41 Å². The van der Waals surface area contributed by atoms with Gasteiger partial charge in [-0.05, 0) is 26.4 Å². The van der Waals surface area contributed by atoms with Crippen LogP contribution in [-0.4, -0.2) is 38.0 Å². The van der Waals surface area contributed by atoms with Gasteiger partial charge >= 0.3 is 0 Å². The van der Waals surface area contributed by atoms with Crippen LogP contribution in [0.3, 0.4) is 0 Å². The molecule has 0 aromatic heterocycles. The van der Waals surface area contributed by atoms with Crippen LogP contribution in [0.25, 0.3) is 0 Å². The highest BCUT2D eigenvalue weighted by Gasteiger charge is 2.09. The summed E-state index contributed by atoms with van der Waals surface area (Å²) in [5.41, 5.74) is 0. The summed E-state index contributed by atoms with van der Waals surface area (Å²) in [6.07, 6.45) is 6.34. The van der Waals surface area contributed by atoms with Crippen LogP contribution in [0.1, 0.15) is 13.3 Å². The van der Waals surface area contributed by atoms with Gasteiger partial charge in [-0.3, -0.25) is 9.69 Å². The zero-order valence-electron chi connectivity index (χ0n) is 7.92. The Morgan fingerprint density at radius 2 is 2.08 bits per heavy atom. The molecule has 0 unspecified atom stereocenters. The second-order valence-electron chi connectivity index (χ2n) is 2.63. The molecule has 3 heteroatoms. The first-order valence-electron chi connectivity index (χ1n) is 4.29. The number of rotatable bonds is 3. The number of carbonyl (C=O) groups excluding carboxylic acids is 1. The lowest BCUT2D eigenvalue weighted by atomic mass is 10.2. The average Bonchev–Trinajstić information content (AvgIpc) is 2.03. The van der Waals surface area contributed by atoms with E-state index in [1.807, 2.05) is 0 Å². The van der Waals surface area contributed by atoms with Gasteiger partial charge < -0.3 is 5.32 Å². The summed E-state index contributed by atoms with van der Waals surface area (Å²) in [6.45, 7) is 5.85. The van der Waals surface area contributed by atoms with E-state index < -0.39 is 0 Å². The van der Waals surface area contributed by atoms with E-state index in [2.05, 4.69) is 29.3 Å². The van der Waals surface area contributed by atoms with Gasteiger partial charge in [0.25, 0.3) is 0 Å². The zero-order valence-corrected chi connectivity index (χ0v) is 7.92. The number of likely N-dealkylation sites (tertiary alicyclic amines) is 1. The minimum atomic E-state index is 0.625. The van der Waals surface area contributed by atoms with Crippen molar-refractivity contribution in [2.45, 2.75) is 13.3 Å². The maximum atomic E-state index is 9.06. The van der Waals surface area contributed by atoms with E-state index >= 15 is 0 Å². The third kappa shape index (κ3) is 5.92. The minimum absolute atomic E-state index is 0.625. The Balaban J connectivity index is 0.000000261. The Hall–Kier alpha value is -0.830.